The van der Waals surface area contributed by atoms with Gasteiger partial charge in [-0.15, -0.1) is 0 Å². The van der Waals surface area contributed by atoms with E-state index in [0.29, 0.717) is 6.54 Å². The second kappa shape index (κ2) is 10.5. The summed E-state index contributed by atoms with van der Waals surface area (Å²) in [5.41, 5.74) is 1.90. The number of hydrogen-bond acceptors (Lipinski definition) is 4. The lowest BCUT2D eigenvalue weighted by atomic mass is 10.0. The van der Waals surface area contributed by atoms with Gasteiger partial charge >= 0.3 is 0 Å². The number of benzene rings is 2. The van der Waals surface area contributed by atoms with E-state index in [9.17, 15) is 9.59 Å². The number of rotatable bonds is 9. The SMILES string of the molecule is COC[C@@H](C(=O)NCc1ccccc1)N(C(C)=O)[C@@H](C)c1ccc(OC)cc1. The van der Waals surface area contributed by atoms with Gasteiger partial charge in [0.2, 0.25) is 11.8 Å². The van der Waals surface area contributed by atoms with Crippen molar-refractivity contribution in [3.63, 3.8) is 0 Å². The van der Waals surface area contributed by atoms with E-state index in [1.54, 1.807) is 12.0 Å². The van der Waals surface area contributed by atoms with Gasteiger partial charge in [-0.05, 0) is 30.2 Å². The van der Waals surface area contributed by atoms with Crippen molar-refractivity contribution in [2.45, 2.75) is 32.5 Å². The molecule has 0 radical (unpaired) electrons. The van der Waals surface area contributed by atoms with Crippen molar-refractivity contribution < 1.29 is 19.1 Å². The molecule has 0 spiro atoms. The largest absolute Gasteiger partial charge is 0.497 e. The number of hydrogen-bond donors (Lipinski definition) is 1. The van der Waals surface area contributed by atoms with Gasteiger partial charge < -0.3 is 19.7 Å². The average molecular weight is 384 g/mol. The van der Waals surface area contributed by atoms with E-state index in [4.69, 9.17) is 9.47 Å². The zero-order valence-corrected chi connectivity index (χ0v) is 16.8. The Morgan fingerprint density at radius 3 is 2.21 bits per heavy atom. The minimum Gasteiger partial charge on any atom is -0.497 e. The Morgan fingerprint density at radius 1 is 1.04 bits per heavy atom. The van der Waals surface area contributed by atoms with Crippen LogP contribution >= 0.6 is 0 Å². The molecule has 2 rings (SSSR count). The summed E-state index contributed by atoms with van der Waals surface area (Å²) in [6.07, 6.45) is 0. The van der Waals surface area contributed by atoms with Crippen LogP contribution in [0.25, 0.3) is 0 Å². The predicted octanol–water partition coefficient (Wildman–Crippen LogP) is 2.94. The van der Waals surface area contributed by atoms with Crippen molar-refractivity contribution >= 4 is 11.8 Å². The van der Waals surface area contributed by atoms with Crippen molar-refractivity contribution in [2.75, 3.05) is 20.8 Å². The molecule has 0 unspecified atom stereocenters. The molecular weight excluding hydrogens is 356 g/mol. The maximum Gasteiger partial charge on any atom is 0.245 e. The molecule has 6 heteroatoms. The summed E-state index contributed by atoms with van der Waals surface area (Å²) in [6, 6.07) is 16.1. The van der Waals surface area contributed by atoms with Gasteiger partial charge in [-0.2, -0.15) is 0 Å². The first-order valence-electron chi connectivity index (χ1n) is 9.21. The monoisotopic (exact) mass is 384 g/mol. The van der Waals surface area contributed by atoms with Crippen LogP contribution in [-0.4, -0.2) is 43.6 Å². The summed E-state index contributed by atoms with van der Waals surface area (Å²) in [7, 11) is 3.12. The lowest BCUT2D eigenvalue weighted by Crippen LogP contribution is -2.52. The zero-order valence-electron chi connectivity index (χ0n) is 16.8. The average Bonchev–Trinajstić information content (AvgIpc) is 2.72. The molecule has 6 nitrogen and oxygen atoms in total. The first-order chi connectivity index (χ1) is 13.5. The van der Waals surface area contributed by atoms with E-state index >= 15 is 0 Å². The van der Waals surface area contributed by atoms with Crippen molar-refractivity contribution in [2.24, 2.45) is 0 Å². The van der Waals surface area contributed by atoms with E-state index in [1.807, 2.05) is 61.5 Å². The van der Waals surface area contributed by atoms with Crippen LogP contribution in [0, 0.1) is 0 Å². The molecule has 0 bridgehead atoms. The standard InChI is InChI=1S/C22H28N2O4/c1-16(19-10-12-20(28-4)13-11-19)24(17(2)25)21(15-27-3)22(26)23-14-18-8-6-5-7-9-18/h5-13,16,21H,14-15H2,1-4H3,(H,23,26)/t16-,21-/m0/s1. The maximum absolute atomic E-state index is 12.9. The van der Waals surface area contributed by atoms with Crippen LogP contribution in [-0.2, 0) is 20.9 Å². The third-order valence-corrected chi connectivity index (χ3v) is 4.65. The topological polar surface area (TPSA) is 67.9 Å². The molecule has 2 amide bonds. The van der Waals surface area contributed by atoms with Crippen LogP contribution in [0.4, 0.5) is 0 Å². The molecule has 0 aromatic heterocycles. The van der Waals surface area contributed by atoms with Gasteiger partial charge in [0.1, 0.15) is 11.8 Å². The number of ether oxygens (including phenoxy) is 2. The number of nitrogens with one attached hydrogen (secondary N) is 1. The quantitative estimate of drug-likeness (QED) is 0.722. The molecule has 0 aliphatic heterocycles. The highest BCUT2D eigenvalue weighted by molar-refractivity contribution is 5.87. The van der Waals surface area contributed by atoms with Crippen LogP contribution in [0.3, 0.4) is 0 Å². The van der Waals surface area contributed by atoms with Gasteiger partial charge in [0.15, 0.2) is 0 Å². The fraction of sp³-hybridized carbons (Fsp3) is 0.364. The van der Waals surface area contributed by atoms with Gasteiger partial charge in [-0.1, -0.05) is 42.5 Å². The van der Waals surface area contributed by atoms with Gasteiger partial charge in [-0.3, -0.25) is 9.59 Å². The molecule has 0 saturated carbocycles. The molecule has 0 aliphatic rings. The van der Waals surface area contributed by atoms with E-state index in [0.717, 1.165) is 16.9 Å². The Hall–Kier alpha value is -2.86. The first-order valence-corrected chi connectivity index (χ1v) is 9.21. The maximum atomic E-state index is 12.9. The second-order valence-corrected chi connectivity index (χ2v) is 6.55. The molecule has 0 heterocycles. The Morgan fingerprint density at radius 2 is 1.68 bits per heavy atom. The molecule has 0 saturated heterocycles. The third kappa shape index (κ3) is 5.57. The number of methoxy groups -OCH3 is 2. The van der Waals surface area contributed by atoms with Crippen LogP contribution in [0.1, 0.15) is 31.0 Å². The van der Waals surface area contributed by atoms with E-state index in [1.165, 1.54) is 14.0 Å². The smallest absolute Gasteiger partial charge is 0.245 e. The minimum atomic E-state index is -0.733. The van der Waals surface area contributed by atoms with Crippen molar-refractivity contribution in [1.82, 2.24) is 10.2 Å². The van der Waals surface area contributed by atoms with Crippen LogP contribution in [0.2, 0.25) is 0 Å². The molecule has 2 aromatic carbocycles. The molecule has 1 N–H and O–H groups in total. The zero-order chi connectivity index (χ0) is 20.5. The molecular formula is C22H28N2O4. The molecule has 0 aliphatic carbocycles. The van der Waals surface area contributed by atoms with E-state index in [-0.39, 0.29) is 24.5 Å². The number of nitrogens with zero attached hydrogens (tertiary/aromatic N) is 1. The van der Waals surface area contributed by atoms with Crippen LogP contribution in [0.15, 0.2) is 54.6 Å². The first kappa shape index (κ1) is 21.4. The lowest BCUT2D eigenvalue weighted by molar-refractivity contribution is -0.143. The highest BCUT2D eigenvalue weighted by atomic mass is 16.5. The summed E-state index contributed by atoms with van der Waals surface area (Å²) in [5, 5.41) is 2.91. The van der Waals surface area contributed by atoms with Crippen molar-refractivity contribution in [3.05, 3.63) is 65.7 Å². The van der Waals surface area contributed by atoms with Crippen LogP contribution in [0.5, 0.6) is 5.75 Å². The third-order valence-electron chi connectivity index (χ3n) is 4.65. The summed E-state index contributed by atoms with van der Waals surface area (Å²) in [6.45, 7) is 3.87. The Bertz CT molecular complexity index is 762. The lowest BCUT2D eigenvalue weighted by Gasteiger charge is -2.35. The Kier molecular flexibility index (Phi) is 8.02. The molecule has 2 atom stereocenters. The van der Waals surface area contributed by atoms with Crippen LogP contribution < -0.4 is 10.1 Å². The molecule has 0 fully saturated rings. The van der Waals surface area contributed by atoms with Gasteiger partial charge in [-0.25, -0.2) is 0 Å². The highest BCUT2D eigenvalue weighted by Crippen LogP contribution is 2.25. The summed E-state index contributed by atoms with van der Waals surface area (Å²) < 4.78 is 10.4. The van der Waals surface area contributed by atoms with Gasteiger partial charge in [0.25, 0.3) is 0 Å². The van der Waals surface area contributed by atoms with Crippen molar-refractivity contribution in [1.29, 1.82) is 0 Å². The summed E-state index contributed by atoms with van der Waals surface area (Å²) in [4.78, 5) is 26.9. The predicted molar refractivity (Wildman–Crippen MR) is 108 cm³/mol. The molecule has 150 valence electrons. The molecule has 2 aromatic rings. The fourth-order valence-electron chi connectivity index (χ4n) is 3.15. The van der Waals surface area contributed by atoms with E-state index < -0.39 is 6.04 Å². The Labute approximate surface area is 166 Å². The number of carbonyl (C=O) groups excluding carboxylic acids is 2. The van der Waals surface area contributed by atoms with Crippen molar-refractivity contribution in [3.8, 4) is 5.75 Å². The molecule has 28 heavy (non-hydrogen) atoms. The second-order valence-electron chi connectivity index (χ2n) is 6.55. The Balaban J connectivity index is 2.19. The highest BCUT2D eigenvalue weighted by Gasteiger charge is 2.32. The number of amides is 2. The minimum absolute atomic E-state index is 0.112. The summed E-state index contributed by atoms with van der Waals surface area (Å²) >= 11 is 0. The van der Waals surface area contributed by atoms with Gasteiger partial charge in [0.05, 0.1) is 19.8 Å². The fourth-order valence-corrected chi connectivity index (χ4v) is 3.15. The number of carbonyl (C=O) groups is 2. The van der Waals surface area contributed by atoms with Gasteiger partial charge in [0, 0.05) is 20.6 Å². The van der Waals surface area contributed by atoms with E-state index in [2.05, 4.69) is 5.32 Å². The normalized spacial score (nSPS) is 12.7. The summed E-state index contributed by atoms with van der Waals surface area (Å²) in [5.74, 6) is 0.292.